The molecule has 3 heteroatoms. The molecule has 0 saturated heterocycles. The van der Waals surface area contributed by atoms with Crippen LogP contribution in [0.4, 0.5) is 5.69 Å². The van der Waals surface area contributed by atoms with Gasteiger partial charge in [0.2, 0.25) is 0 Å². The highest BCUT2D eigenvalue weighted by Crippen LogP contribution is 2.65. The summed E-state index contributed by atoms with van der Waals surface area (Å²) in [5.41, 5.74) is 2.61. The largest absolute Gasteiger partial charge is 0.391 e. The first kappa shape index (κ1) is 19.6. The van der Waals surface area contributed by atoms with Gasteiger partial charge in [0, 0.05) is 17.5 Å². The fourth-order valence-electron chi connectivity index (χ4n) is 8.09. The van der Waals surface area contributed by atoms with E-state index in [1.807, 2.05) is 0 Å². The molecule has 0 bridgehead atoms. The maximum absolute atomic E-state index is 12.6. The van der Waals surface area contributed by atoms with E-state index in [0.717, 1.165) is 37.8 Å². The minimum absolute atomic E-state index is 0.0436. The van der Waals surface area contributed by atoms with Crippen LogP contribution in [0.3, 0.4) is 0 Å². The highest BCUT2D eigenvalue weighted by molar-refractivity contribution is 5.87. The van der Waals surface area contributed by atoms with Crippen molar-refractivity contribution < 1.29 is 9.90 Å². The Kier molecular flexibility index (Phi) is 4.62. The molecule has 4 fully saturated rings. The fraction of sp³-hybridized carbons (Fsp3) is 0.731. The summed E-state index contributed by atoms with van der Waals surface area (Å²) in [6.45, 7) is 6.89. The predicted octanol–water partition coefficient (Wildman–Crippen LogP) is 5.36. The second-order valence-corrected chi connectivity index (χ2v) is 11.2. The zero-order valence-electron chi connectivity index (χ0n) is 18.3. The molecule has 0 radical (unpaired) electrons. The standard InChI is InChI=1S/C26H37NO2/c1-16-4-7-18(8-5-16)27-22-15-26(3)17(14-23(22)28)6-9-19-20-10-11-24(29)25(20,2)13-12-21(19)26/h4-5,7-8,17,19-23,27-28H,6,9-15H2,1-3H3/t17-,19-,20-,21-,22-,23-,25-,26-/m0/s1. The number of carbonyl (C=O) groups excluding carboxylic acids is 1. The quantitative estimate of drug-likeness (QED) is 0.709. The van der Waals surface area contributed by atoms with Crippen LogP contribution in [0.15, 0.2) is 24.3 Å². The van der Waals surface area contributed by atoms with Gasteiger partial charge in [-0.15, -0.1) is 0 Å². The van der Waals surface area contributed by atoms with Gasteiger partial charge in [0.25, 0.3) is 0 Å². The number of aliphatic hydroxyl groups excluding tert-OH is 1. The first-order valence-electron chi connectivity index (χ1n) is 11.9. The van der Waals surface area contributed by atoms with Crippen LogP contribution >= 0.6 is 0 Å². The molecule has 3 nitrogen and oxygen atoms in total. The molecule has 1 aromatic carbocycles. The summed E-state index contributed by atoms with van der Waals surface area (Å²) in [5.74, 6) is 3.17. The van der Waals surface area contributed by atoms with Crippen molar-refractivity contribution >= 4 is 11.5 Å². The van der Waals surface area contributed by atoms with Gasteiger partial charge in [0.05, 0.1) is 12.1 Å². The third-order valence-electron chi connectivity index (χ3n) is 9.83. The number of rotatable bonds is 2. The van der Waals surface area contributed by atoms with E-state index < -0.39 is 0 Å². The second kappa shape index (κ2) is 6.83. The van der Waals surface area contributed by atoms with Crippen LogP contribution in [0.5, 0.6) is 0 Å². The lowest BCUT2D eigenvalue weighted by molar-refractivity contribution is -0.143. The normalized spacial score (nSPS) is 46.6. The molecule has 4 aliphatic carbocycles. The van der Waals surface area contributed by atoms with E-state index >= 15 is 0 Å². The lowest BCUT2D eigenvalue weighted by Gasteiger charge is -2.61. The van der Waals surface area contributed by atoms with Crippen molar-refractivity contribution in [1.82, 2.24) is 0 Å². The van der Waals surface area contributed by atoms with E-state index in [1.165, 1.54) is 24.8 Å². The van der Waals surface area contributed by atoms with Crippen LogP contribution in [0.2, 0.25) is 0 Å². The Bertz CT molecular complexity index is 788. The summed E-state index contributed by atoms with van der Waals surface area (Å²) in [6, 6.07) is 8.67. The smallest absolute Gasteiger partial charge is 0.139 e. The van der Waals surface area contributed by atoms with Gasteiger partial charge in [-0.05, 0) is 93.1 Å². The predicted molar refractivity (Wildman–Crippen MR) is 117 cm³/mol. The van der Waals surface area contributed by atoms with Crippen molar-refractivity contribution in [2.24, 2.45) is 34.5 Å². The Balaban J connectivity index is 1.39. The van der Waals surface area contributed by atoms with Gasteiger partial charge in [-0.1, -0.05) is 31.5 Å². The topological polar surface area (TPSA) is 49.3 Å². The maximum Gasteiger partial charge on any atom is 0.139 e. The lowest BCUT2D eigenvalue weighted by atomic mass is 9.44. The number of Topliss-reactive ketones (excluding diaryl/α,β-unsaturated/α-hetero) is 1. The number of aryl methyl sites for hydroxylation is 1. The summed E-state index contributed by atoms with van der Waals surface area (Å²) in [7, 11) is 0. The first-order valence-corrected chi connectivity index (χ1v) is 11.9. The van der Waals surface area contributed by atoms with Crippen LogP contribution in [-0.2, 0) is 4.79 Å². The number of carbonyl (C=O) groups is 1. The summed E-state index contributed by atoms with van der Waals surface area (Å²) in [6.07, 6.45) is 8.39. The average Bonchev–Trinajstić information content (AvgIpc) is 3.00. The summed E-state index contributed by atoms with van der Waals surface area (Å²) in [4.78, 5) is 12.6. The Morgan fingerprint density at radius 3 is 2.55 bits per heavy atom. The van der Waals surface area contributed by atoms with Gasteiger partial charge in [-0.3, -0.25) is 4.79 Å². The molecule has 4 aliphatic rings. The van der Waals surface area contributed by atoms with Crippen molar-refractivity contribution in [3.63, 3.8) is 0 Å². The van der Waals surface area contributed by atoms with Crippen LogP contribution in [0.1, 0.15) is 70.8 Å². The Hall–Kier alpha value is -1.35. The highest BCUT2D eigenvalue weighted by Gasteiger charge is 2.61. The molecule has 8 atom stereocenters. The molecule has 0 aromatic heterocycles. The molecular formula is C26H37NO2. The van der Waals surface area contributed by atoms with Crippen LogP contribution in [0.25, 0.3) is 0 Å². The van der Waals surface area contributed by atoms with Crippen LogP contribution < -0.4 is 5.32 Å². The number of benzene rings is 1. The minimum atomic E-state index is -0.271. The average molecular weight is 396 g/mol. The molecule has 0 aliphatic heterocycles. The number of hydrogen-bond donors (Lipinski definition) is 2. The number of anilines is 1. The third-order valence-corrected chi connectivity index (χ3v) is 9.83. The van der Waals surface area contributed by atoms with Gasteiger partial charge in [-0.25, -0.2) is 0 Å². The zero-order chi connectivity index (χ0) is 20.4. The molecule has 4 saturated carbocycles. The van der Waals surface area contributed by atoms with E-state index in [4.69, 9.17) is 0 Å². The van der Waals surface area contributed by atoms with E-state index in [1.54, 1.807) is 0 Å². The SMILES string of the molecule is Cc1ccc(N[C@H]2C[C@@]3(C)[C@@H](CC[C@@H]4[C@@H]3CC[C@]3(C)C(=O)CC[C@@H]43)C[C@@H]2O)cc1. The molecule has 0 spiro atoms. The number of fused-ring (bicyclic) bond motifs is 5. The van der Waals surface area contributed by atoms with Crippen molar-refractivity contribution in [3.05, 3.63) is 29.8 Å². The third kappa shape index (κ3) is 2.99. The number of hydrogen-bond acceptors (Lipinski definition) is 3. The van der Waals surface area contributed by atoms with Crippen molar-refractivity contribution in [2.75, 3.05) is 5.32 Å². The van der Waals surface area contributed by atoms with Crippen LogP contribution in [-0.4, -0.2) is 23.0 Å². The molecular weight excluding hydrogens is 358 g/mol. The van der Waals surface area contributed by atoms with Crippen LogP contribution in [0, 0.1) is 41.4 Å². The maximum atomic E-state index is 12.6. The van der Waals surface area contributed by atoms with E-state index in [-0.39, 0.29) is 23.0 Å². The summed E-state index contributed by atoms with van der Waals surface area (Å²) < 4.78 is 0. The second-order valence-electron chi connectivity index (χ2n) is 11.2. The molecule has 0 unspecified atom stereocenters. The molecule has 5 rings (SSSR count). The minimum Gasteiger partial charge on any atom is -0.391 e. The molecule has 0 amide bonds. The molecule has 2 N–H and O–H groups in total. The Morgan fingerprint density at radius 2 is 1.79 bits per heavy atom. The number of aliphatic hydroxyl groups is 1. The van der Waals surface area contributed by atoms with Gasteiger partial charge < -0.3 is 10.4 Å². The Morgan fingerprint density at radius 1 is 1.03 bits per heavy atom. The molecule has 0 heterocycles. The van der Waals surface area contributed by atoms with Crippen molar-refractivity contribution in [3.8, 4) is 0 Å². The highest BCUT2D eigenvalue weighted by atomic mass is 16.3. The Labute approximate surface area is 175 Å². The molecule has 29 heavy (non-hydrogen) atoms. The van der Waals surface area contributed by atoms with Crippen molar-refractivity contribution in [2.45, 2.75) is 84.3 Å². The monoisotopic (exact) mass is 395 g/mol. The van der Waals surface area contributed by atoms with Gasteiger partial charge in [0.15, 0.2) is 0 Å². The van der Waals surface area contributed by atoms with Gasteiger partial charge in [0.1, 0.15) is 5.78 Å². The van der Waals surface area contributed by atoms with Gasteiger partial charge >= 0.3 is 0 Å². The summed E-state index contributed by atoms with van der Waals surface area (Å²) >= 11 is 0. The lowest BCUT2D eigenvalue weighted by Crippen LogP contribution is -2.57. The molecule has 158 valence electrons. The fourth-order valence-corrected chi connectivity index (χ4v) is 8.09. The zero-order valence-corrected chi connectivity index (χ0v) is 18.3. The van der Waals surface area contributed by atoms with E-state index in [9.17, 15) is 9.90 Å². The summed E-state index contributed by atoms with van der Waals surface area (Å²) in [5, 5.41) is 14.6. The first-order chi connectivity index (χ1) is 13.8. The molecule has 1 aromatic rings. The number of ketones is 1. The van der Waals surface area contributed by atoms with Gasteiger partial charge in [-0.2, -0.15) is 0 Å². The van der Waals surface area contributed by atoms with Crippen molar-refractivity contribution in [1.29, 1.82) is 0 Å². The number of nitrogens with one attached hydrogen (secondary N) is 1. The van der Waals surface area contributed by atoms with E-state index in [0.29, 0.717) is 29.5 Å². The van der Waals surface area contributed by atoms with E-state index in [2.05, 4.69) is 50.4 Å².